The number of benzene rings is 2. The van der Waals surface area contributed by atoms with Crippen molar-refractivity contribution in [1.82, 2.24) is 24.6 Å². The number of carbonyl (C=O) groups is 1. The van der Waals surface area contributed by atoms with Crippen molar-refractivity contribution < 1.29 is 27.1 Å². The van der Waals surface area contributed by atoms with E-state index in [-0.39, 0.29) is 29.6 Å². The van der Waals surface area contributed by atoms with Crippen LogP contribution in [0.5, 0.6) is 11.6 Å². The molecule has 4 aromatic rings. The average molecular weight is 669 g/mol. The highest BCUT2D eigenvalue weighted by Crippen LogP contribution is 2.38. The van der Waals surface area contributed by atoms with Crippen LogP contribution in [0.4, 0.5) is 15.1 Å². The van der Waals surface area contributed by atoms with E-state index in [4.69, 9.17) is 21.1 Å². The molecule has 1 saturated heterocycles. The fraction of sp³-hybridized carbons (Fsp3) is 0.312. The highest BCUT2D eigenvalue weighted by atomic mass is 35.5. The molecule has 1 aliphatic rings. The first-order chi connectivity index (χ1) is 21.9. The Morgan fingerprint density at radius 1 is 1.07 bits per heavy atom. The molecule has 1 atom stereocenters. The summed E-state index contributed by atoms with van der Waals surface area (Å²) in [5.41, 5.74) is 0.904. The van der Waals surface area contributed by atoms with Crippen molar-refractivity contribution in [1.29, 1.82) is 0 Å². The molecule has 242 valence electrons. The van der Waals surface area contributed by atoms with E-state index in [0.29, 0.717) is 35.9 Å². The fourth-order valence-corrected chi connectivity index (χ4v) is 6.05. The Hall–Kier alpha value is -4.33. The van der Waals surface area contributed by atoms with Gasteiger partial charge in [-0.25, -0.2) is 37.3 Å². The maximum Gasteiger partial charge on any atom is 0.410 e. The zero-order valence-electron chi connectivity index (χ0n) is 25.5. The Kier molecular flexibility index (Phi) is 10.0. The van der Waals surface area contributed by atoms with Gasteiger partial charge in [-0.2, -0.15) is 0 Å². The number of sulfonamides is 1. The second-order valence-electron chi connectivity index (χ2n) is 11.6. The molecular formula is C32H34ClFN6O5S. The third kappa shape index (κ3) is 8.27. The van der Waals surface area contributed by atoms with Crippen LogP contribution in [0.25, 0.3) is 11.3 Å². The SMILES string of the molecule is CC(C)(C)OC(=O)N1CCC[C@H](Nc2nccc(-c3cccnc3Oc3c(Cl)ccc(S(=O)(=O)NCc4ccccc4)c3F)n2)C1. The summed E-state index contributed by atoms with van der Waals surface area (Å²) in [6.07, 6.45) is 4.20. The number of halogens is 2. The van der Waals surface area contributed by atoms with Crippen molar-refractivity contribution in [3.63, 3.8) is 0 Å². The van der Waals surface area contributed by atoms with Crippen LogP contribution in [-0.2, 0) is 21.3 Å². The summed E-state index contributed by atoms with van der Waals surface area (Å²) in [5.74, 6) is -1.40. The van der Waals surface area contributed by atoms with Gasteiger partial charge in [0.25, 0.3) is 0 Å². The van der Waals surface area contributed by atoms with E-state index in [1.807, 2.05) is 26.8 Å². The molecule has 5 rings (SSSR count). The van der Waals surface area contributed by atoms with Gasteiger partial charge >= 0.3 is 6.09 Å². The molecule has 1 fully saturated rings. The predicted molar refractivity (Wildman–Crippen MR) is 172 cm³/mol. The molecule has 0 unspecified atom stereocenters. The smallest absolute Gasteiger partial charge is 0.410 e. The summed E-state index contributed by atoms with van der Waals surface area (Å²) in [6, 6.07) is 16.0. The molecule has 11 nitrogen and oxygen atoms in total. The van der Waals surface area contributed by atoms with E-state index in [1.54, 1.807) is 53.6 Å². The lowest BCUT2D eigenvalue weighted by Crippen LogP contribution is -2.47. The van der Waals surface area contributed by atoms with Gasteiger partial charge < -0.3 is 19.7 Å². The monoisotopic (exact) mass is 668 g/mol. The average Bonchev–Trinajstić information content (AvgIpc) is 3.02. The van der Waals surface area contributed by atoms with E-state index in [1.165, 1.54) is 12.3 Å². The summed E-state index contributed by atoms with van der Waals surface area (Å²) in [4.78, 5) is 26.8. The zero-order chi connectivity index (χ0) is 32.9. The third-order valence-corrected chi connectivity index (χ3v) is 8.64. The van der Waals surface area contributed by atoms with Gasteiger partial charge in [-0.3, -0.25) is 0 Å². The van der Waals surface area contributed by atoms with Crippen LogP contribution >= 0.6 is 11.6 Å². The highest BCUT2D eigenvalue weighted by molar-refractivity contribution is 7.89. The second kappa shape index (κ2) is 14.0. The first-order valence-electron chi connectivity index (χ1n) is 14.6. The van der Waals surface area contributed by atoms with Gasteiger partial charge in [0, 0.05) is 38.1 Å². The molecule has 0 bridgehead atoms. The Balaban J connectivity index is 1.35. The van der Waals surface area contributed by atoms with E-state index in [0.717, 1.165) is 18.9 Å². The third-order valence-electron chi connectivity index (χ3n) is 6.92. The van der Waals surface area contributed by atoms with E-state index in [9.17, 15) is 13.2 Å². The lowest BCUT2D eigenvalue weighted by molar-refractivity contribution is 0.0206. The molecule has 0 radical (unpaired) electrons. The van der Waals surface area contributed by atoms with Gasteiger partial charge in [-0.05, 0) is 69.5 Å². The van der Waals surface area contributed by atoms with Gasteiger partial charge in [0.05, 0.1) is 16.3 Å². The molecule has 2 N–H and O–H groups in total. The number of aromatic nitrogens is 3. The molecule has 46 heavy (non-hydrogen) atoms. The number of anilines is 1. The lowest BCUT2D eigenvalue weighted by atomic mass is 10.1. The second-order valence-corrected chi connectivity index (χ2v) is 13.8. The number of likely N-dealkylation sites (tertiary alicyclic amines) is 1. The van der Waals surface area contributed by atoms with Crippen molar-refractivity contribution in [3.8, 4) is 22.9 Å². The molecule has 0 spiro atoms. The summed E-state index contributed by atoms with van der Waals surface area (Å²) < 4.78 is 55.6. The largest absolute Gasteiger partial charge is 0.444 e. The molecular weight excluding hydrogens is 635 g/mol. The van der Waals surface area contributed by atoms with Gasteiger partial charge in [0.1, 0.15) is 10.5 Å². The Labute approximate surface area is 272 Å². The van der Waals surface area contributed by atoms with E-state index in [2.05, 4.69) is 25.0 Å². The molecule has 3 heterocycles. The summed E-state index contributed by atoms with van der Waals surface area (Å²) in [6.45, 7) is 6.45. The number of ether oxygens (including phenoxy) is 2. The number of hydrogen-bond acceptors (Lipinski definition) is 9. The maximum absolute atomic E-state index is 15.7. The van der Waals surface area contributed by atoms with Gasteiger partial charge in [0.2, 0.25) is 21.9 Å². The van der Waals surface area contributed by atoms with Gasteiger partial charge in [-0.1, -0.05) is 41.9 Å². The minimum absolute atomic E-state index is 0.0320. The van der Waals surface area contributed by atoms with Crippen LogP contribution < -0.4 is 14.8 Å². The van der Waals surface area contributed by atoms with E-state index < -0.39 is 32.1 Å². The zero-order valence-corrected chi connectivity index (χ0v) is 27.1. The van der Waals surface area contributed by atoms with Crippen LogP contribution in [0.3, 0.4) is 0 Å². The number of piperidine rings is 1. The minimum Gasteiger partial charge on any atom is -0.444 e. The number of carbonyl (C=O) groups excluding carboxylic acids is 1. The quantitative estimate of drug-likeness (QED) is 0.207. The lowest BCUT2D eigenvalue weighted by Gasteiger charge is -2.34. The Morgan fingerprint density at radius 3 is 2.61 bits per heavy atom. The number of amides is 1. The molecule has 2 aromatic heterocycles. The fourth-order valence-electron chi connectivity index (χ4n) is 4.78. The van der Waals surface area contributed by atoms with Crippen LogP contribution in [0.1, 0.15) is 39.2 Å². The number of nitrogens with zero attached hydrogens (tertiary/aromatic N) is 4. The Bertz CT molecular complexity index is 1810. The summed E-state index contributed by atoms with van der Waals surface area (Å²) in [7, 11) is -4.27. The number of pyridine rings is 1. The number of rotatable bonds is 9. The van der Waals surface area contributed by atoms with Crippen LogP contribution in [-0.4, -0.2) is 59.1 Å². The number of nitrogens with one attached hydrogen (secondary N) is 2. The number of hydrogen-bond donors (Lipinski definition) is 2. The molecule has 1 amide bonds. The normalized spacial score (nSPS) is 15.3. The topological polar surface area (TPSA) is 136 Å². The molecule has 0 saturated carbocycles. The van der Waals surface area contributed by atoms with Crippen LogP contribution in [0, 0.1) is 5.82 Å². The van der Waals surface area contributed by atoms with Crippen LogP contribution in [0.15, 0.2) is 78.0 Å². The predicted octanol–water partition coefficient (Wildman–Crippen LogP) is 6.41. The van der Waals surface area contributed by atoms with Gasteiger partial charge in [-0.15, -0.1) is 0 Å². The van der Waals surface area contributed by atoms with Crippen molar-refractivity contribution in [2.45, 2.75) is 56.7 Å². The minimum atomic E-state index is -4.27. The summed E-state index contributed by atoms with van der Waals surface area (Å²) in [5, 5.41) is 3.14. The van der Waals surface area contributed by atoms with Crippen LogP contribution in [0.2, 0.25) is 5.02 Å². The van der Waals surface area contributed by atoms with Gasteiger partial charge in [0.15, 0.2) is 11.6 Å². The van der Waals surface area contributed by atoms with Crippen molar-refractivity contribution in [2.75, 3.05) is 18.4 Å². The van der Waals surface area contributed by atoms with Crippen molar-refractivity contribution >= 4 is 33.7 Å². The Morgan fingerprint density at radius 2 is 1.85 bits per heavy atom. The van der Waals surface area contributed by atoms with Crippen molar-refractivity contribution in [2.24, 2.45) is 0 Å². The first kappa shape index (κ1) is 33.0. The first-order valence-corrected chi connectivity index (χ1v) is 16.5. The molecule has 14 heteroatoms. The standard InChI is InChI=1S/C32H34ClFN6O5S/c1-32(2,3)45-31(41)40-18-8-11-22(20-40)38-30-36-17-15-25(39-30)23-12-7-16-35-29(23)44-28-24(33)13-14-26(27(28)34)46(42,43)37-19-21-9-5-4-6-10-21/h4-7,9-10,12-17,22,37H,8,11,18-20H2,1-3H3,(H,36,38,39)/t22-/m0/s1. The molecule has 2 aromatic carbocycles. The maximum atomic E-state index is 15.7. The van der Waals surface area contributed by atoms with E-state index >= 15 is 4.39 Å². The van der Waals surface area contributed by atoms with Crippen molar-refractivity contribution in [3.05, 3.63) is 89.5 Å². The summed E-state index contributed by atoms with van der Waals surface area (Å²) >= 11 is 6.30. The molecule has 1 aliphatic heterocycles. The molecule has 0 aliphatic carbocycles. The highest BCUT2D eigenvalue weighted by Gasteiger charge is 2.29.